The Morgan fingerprint density at radius 1 is 1.50 bits per heavy atom. The summed E-state index contributed by atoms with van der Waals surface area (Å²) in [5, 5.41) is 0.494. The highest BCUT2D eigenvalue weighted by molar-refractivity contribution is 6.30. The van der Waals surface area contributed by atoms with E-state index in [2.05, 4.69) is 9.97 Å². The Balaban J connectivity index is 2.37. The molecule has 5 heteroatoms. The molecule has 96 valence electrons. The molecule has 0 spiro atoms. The number of halogens is 2. The molecule has 0 aliphatic rings. The van der Waals surface area contributed by atoms with Crippen molar-refractivity contribution in [2.75, 3.05) is 6.54 Å². The van der Waals surface area contributed by atoms with Crippen LogP contribution in [0.2, 0.25) is 5.02 Å². The van der Waals surface area contributed by atoms with Gasteiger partial charge < -0.3 is 10.7 Å². The fraction of sp³-hybridized carbons (Fsp3) is 0.308. The first-order chi connectivity index (χ1) is 8.65. The van der Waals surface area contributed by atoms with Gasteiger partial charge in [-0.05, 0) is 24.6 Å². The molecule has 1 heterocycles. The molecule has 0 aliphatic heterocycles. The third-order valence-electron chi connectivity index (χ3n) is 2.98. The molecule has 1 aromatic carbocycles. The molecule has 1 unspecified atom stereocenters. The van der Waals surface area contributed by atoms with Gasteiger partial charge in [0.2, 0.25) is 0 Å². The number of aromatic amines is 1. The number of nitrogens with two attached hydrogens (primary N) is 1. The van der Waals surface area contributed by atoms with Crippen molar-refractivity contribution in [2.45, 2.75) is 19.3 Å². The summed E-state index contributed by atoms with van der Waals surface area (Å²) in [4.78, 5) is 7.37. The van der Waals surface area contributed by atoms with Crippen LogP contribution < -0.4 is 5.73 Å². The van der Waals surface area contributed by atoms with Gasteiger partial charge >= 0.3 is 0 Å². The van der Waals surface area contributed by atoms with Gasteiger partial charge in [-0.3, -0.25) is 0 Å². The van der Waals surface area contributed by atoms with Crippen LogP contribution in [-0.2, 0) is 0 Å². The van der Waals surface area contributed by atoms with E-state index in [1.54, 1.807) is 12.3 Å². The largest absolute Gasteiger partial charge is 0.342 e. The van der Waals surface area contributed by atoms with Crippen molar-refractivity contribution in [3.8, 4) is 11.3 Å². The van der Waals surface area contributed by atoms with E-state index in [9.17, 15) is 4.39 Å². The van der Waals surface area contributed by atoms with Crippen molar-refractivity contribution in [2.24, 2.45) is 5.73 Å². The average Bonchev–Trinajstić information content (AvgIpc) is 2.83. The van der Waals surface area contributed by atoms with Gasteiger partial charge in [0.25, 0.3) is 0 Å². The minimum Gasteiger partial charge on any atom is -0.342 e. The van der Waals surface area contributed by atoms with Gasteiger partial charge in [-0.15, -0.1) is 0 Å². The average molecular weight is 268 g/mol. The molecule has 0 fully saturated rings. The highest BCUT2D eigenvalue weighted by Gasteiger charge is 2.14. The number of benzene rings is 1. The molecule has 0 saturated carbocycles. The van der Waals surface area contributed by atoms with Crippen molar-refractivity contribution < 1.29 is 4.39 Å². The van der Waals surface area contributed by atoms with E-state index in [1.165, 1.54) is 12.1 Å². The number of rotatable bonds is 4. The fourth-order valence-corrected chi connectivity index (χ4v) is 2.03. The first-order valence-corrected chi connectivity index (χ1v) is 6.23. The maximum atomic E-state index is 13.7. The number of hydrogen-bond acceptors (Lipinski definition) is 2. The zero-order chi connectivity index (χ0) is 13.1. The van der Waals surface area contributed by atoms with E-state index >= 15 is 0 Å². The third-order valence-corrected chi connectivity index (χ3v) is 3.21. The van der Waals surface area contributed by atoms with E-state index in [0.717, 1.165) is 12.2 Å². The van der Waals surface area contributed by atoms with Crippen LogP contribution >= 0.6 is 11.6 Å². The van der Waals surface area contributed by atoms with Crippen molar-refractivity contribution in [3.05, 3.63) is 41.1 Å². The molecule has 0 aliphatic carbocycles. The van der Waals surface area contributed by atoms with E-state index < -0.39 is 0 Å². The molecule has 0 saturated heterocycles. The molecule has 1 atom stereocenters. The van der Waals surface area contributed by atoms with Crippen LogP contribution in [0.25, 0.3) is 11.3 Å². The van der Waals surface area contributed by atoms with E-state index in [4.69, 9.17) is 17.3 Å². The lowest BCUT2D eigenvalue weighted by Gasteiger charge is -2.08. The summed E-state index contributed by atoms with van der Waals surface area (Å²) >= 11 is 5.87. The van der Waals surface area contributed by atoms with Crippen molar-refractivity contribution in [1.82, 2.24) is 9.97 Å². The number of imidazole rings is 1. The smallest absolute Gasteiger partial charge is 0.132 e. The van der Waals surface area contributed by atoms with Crippen molar-refractivity contribution in [3.63, 3.8) is 0 Å². The molecule has 18 heavy (non-hydrogen) atoms. The van der Waals surface area contributed by atoms with Gasteiger partial charge in [0.1, 0.15) is 11.6 Å². The fourth-order valence-electron chi connectivity index (χ4n) is 1.86. The van der Waals surface area contributed by atoms with Crippen molar-refractivity contribution >= 4 is 11.6 Å². The SMILES string of the molecule is CCC(CN)c1ncc(-c2cc(Cl)ccc2F)[nH]1. The van der Waals surface area contributed by atoms with Crippen LogP contribution in [0.5, 0.6) is 0 Å². The lowest BCUT2D eigenvalue weighted by molar-refractivity contribution is 0.629. The Labute approximate surface area is 110 Å². The second kappa shape index (κ2) is 5.50. The Kier molecular flexibility index (Phi) is 3.99. The molecule has 2 aromatic rings. The molecule has 3 N–H and O–H groups in total. The number of nitrogens with one attached hydrogen (secondary N) is 1. The number of aromatic nitrogens is 2. The normalized spacial score (nSPS) is 12.7. The summed E-state index contributed by atoms with van der Waals surface area (Å²) in [5.74, 6) is 0.630. The third kappa shape index (κ3) is 2.54. The molecule has 1 aromatic heterocycles. The molecule has 2 rings (SSSR count). The summed E-state index contributed by atoms with van der Waals surface area (Å²) in [6.45, 7) is 2.56. The maximum Gasteiger partial charge on any atom is 0.132 e. The Morgan fingerprint density at radius 3 is 2.94 bits per heavy atom. The predicted molar refractivity (Wildman–Crippen MR) is 71.1 cm³/mol. The van der Waals surface area contributed by atoms with Crippen LogP contribution in [0.3, 0.4) is 0 Å². The van der Waals surface area contributed by atoms with E-state index in [-0.39, 0.29) is 11.7 Å². The zero-order valence-electron chi connectivity index (χ0n) is 10.1. The first kappa shape index (κ1) is 13.1. The van der Waals surface area contributed by atoms with Gasteiger partial charge in [0.15, 0.2) is 0 Å². The van der Waals surface area contributed by atoms with Gasteiger partial charge in [-0.2, -0.15) is 0 Å². The molecule has 0 amide bonds. The first-order valence-electron chi connectivity index (χ1n) is 5.86. The van der Waals surface area contributed by atoms with Crippen LogP contribution in [0.1, 0.15) is 25.1 Å². The molecular weight excluding hydrogens is 253 g/mol. The topological polar surface area (TPSA) is 54.7 Å². The number of nitrogens with zero attached hydrogens (tertiary/aromatic N) is 1. The Morgan fingerprint density at radius 2 is 2.28 bits per heavy atom. The Hall–Kier alpha value is -1.39. The maximum absolute atomic E-state index is 13.7. The minimum atomic E-state index is -0.324. The second-order valence-corrected chi connectivity index (χ2v) is 4.58. The quantitative estimate of drug-likeness (QED) is 0.893. The van der Waals surface area contributed by atoms with Gasteiger partial charge in [0, 0.05) is 23.0 Å². The summed E-state index contributed by atoms with van der Waals surface area (Å²) in [7, 11) is 0. The highest BCUT2D eigenvalue weighted by atomic mass is 35.5. The van der Waals surface area contributed by atoms with Gasteiger partial charge in [0.05, 0.1) is 11.9 Å². The number of H-pyrrole nitrogens is 1. The summed E-state index contributed by atoms with van der Waals surface area (Å²) in [6.07, 6.45) is 2.50. The zero-order valence-corrected chi connectivity index (χ0v) is 10.8. The van der Waals surface area contributed by atoms with Crippen LogP contribution in [-0.4, -0.2) is 16.5 Å². The molecule has 0 radical (unpaired) electrons. The highest BCUT2D eigenvalue weighted by Crippen LogP contribution is 2.26. The Bertz CT molecular complexity index is 535. The minimum absolute atomic E-state index is 0.168. The monoisotopic (exact) mass is 267 g/mol. The van der Waals surface area contributed by atoms with E-state index in [0.29, 0.717) is 22.8 Å². The van der Waals surface area contributed by atoms with E-state index in [1.807, 2.05) is 6.92 Å². The lowest BCUT2D eigenvalue weighted by Crippen LogP contribution is -2.12. The molecular formula is C13H15ClFN3. The summed E-state index contributed by atoms with van der Waals surface area (Å²) in [6, 6.07) is 4.45. The van der Waals surface area contributed by atoms with Gasteiger partial charge in [-0.25, -0.2) is 9.37 Å². The second-order valence-electron chi connectivity index (χ2n) is 4.15. The van der Waals surface area contributed by atoms with Crippen LogP contribution in [0, 0.1) is 5.82 Å². The predicted octanol–water partition coefficient (Wildman–Crippen LogP) is 3.32. The molecule has 3 nitrogen and oxygen atoms in total. The summed E-state index contributed by atoms with van der Waals surface area (Å²) in [5.41, 5.74) is 6.71. The lowest BCUT2D eigenvalue weighted by atomic mass is 10.1. The van der Waals surface area contributed by atoms with Crippen LogP contribution in [0.15, 0.2) is 24.4 Å². The standard InChI is InChI=1S/C13H15ClFN3/c1-2-8(6-16)13-17-7-12(18-13)10-5-9(14)3-4-11(10)15/h3-5,7-8H,2,6,16H2,1H3,(H,17,18). The molecule has 0 bridgehead atoms. The van der Waals surface area contributed by atoms with Crippen LogP contribution in [0.4, 0.5) is 4.39 Å². The summed E-state index contributed by atoms with van der Waals surface area (Å²) < 4.78 is 13.7. The van der Waals surface area contributed by atoms with Crippen molar-refractivity contribution in [1.29, 1.82) is 0 Å². The number of hydrogen-bond donors (Lipinski definition) is 2. The van der Waals surface area contributed by atoms with Gasteiger partial charge in [-0.1, -0.05) is 18.5 Å².